The standard InChI is InChI=1S/C30H26N2O3/c1-34-29(24-9-5-3-6-10-24)31-26-17-13-22(14-18-26)21-28(33)23-15-19-27(20-16-23)32-30(35-2)25-11-7-4-8-12-25/h3-20H,21H2,1-2H3. The van der Waals surface area contributed by atoms with Gasteiger partial charge in [-0.25, -0.2) is 9.98 Å². The quantitative estimate of drug-likeness (QED) is 0.177. The van der Waals surface area contributed by atoms with E-state index in [9.17, 15) is 4.79 Å². The van der Waals surface area contributed by atoms with Crippen LogP contribution < -0.4 is 0 Å². The highest BCUT2D eigenvalue weighted by Crippen LogP contribution is 2.19. The maximum Gasteiger partial charge on any atom is 0.220 e. The average Bonchev–Trinajstić information content (AvgIpc) is 2.92. The fourth-order valence-electron chi connectivity index (χ4n) is 3.55. The second-order valence-corrected chi connectivity index (χ2v) is 7.79. The Labute approximate surface area is 205 Å². The fourth-order valence-corrected chi connectivity index (χ4v) is 3.55. The minimum atomic E-state index is 0.0358. The summed E-state index contributed by atoms with van der Waals surface area (Å²) < 4.78 is 10.9. The summed E-state index contributed by atoms with van der Waals surface area (Å²) in [4.78, 5) is 21.9. The van der Waals surface area contributed by atoms with E-state index in [1.54, 1.807) is 26.4 Å². The second-order valence-electron chi connectivity index (χ2n) is 7.79. The Hall–Kier alpha value is -4.51. The van der Waals surface area contributed by atoms with Crippen molar-refractivity contribution in [3.05, 3.63) is 131 Å². The van der Waals surface area contributed by atoms with Crippen molar-refractivity contribution < 1.29 is 14.3 Å². The summed E-state index contributed by atoms with van der Waals surface area (Å²) in [6, 6.07) is 34.3. The number of hydrogen-bond acceptors (Lipinski definition) is 5. The topological polar surface area (TPSA) is 60.2 Å². The molecule has 4 rings (SSSR count). The van der Waals surface area contributed by atoms with Crippen molar-refractivity contribution in [2.75, 3.05) is 14.2 Å². The van der Waals surface area contributed by atoms with E-state index in [0.29, 0.717) is 23.8 Å². The van der Waals surface area contributed by atoms with Crippen LogP contribution in [0.3, 0.4) is 0 Å². The second kappa shape index (κ2) is 11.6. The number of aliphatic imine (C=N–C) groups is 2. The van der Waals surface area contributed by atoms with Gasteiger partial charge >= 0.3 is 0 Å². The largest absolute Gasteiger partial charge is 0.481 e. The molecule has 5 nitrogen and oxygen atoms in total. The predicted octanol–water partition coefficient (Wildman–Crippen LogP) is 6.56. The van der Waals surface area contributed by atoms with Crippen LogP contribution in [-0.2, 0) is 15.9 Å². The van der Waals surface area contributed by atoms with E-state index in [0.717, 1.165) is 28.1 Å². The number of benzene rings is 4. The molecule has 0 aliphatic rings. The first-order valence-electron chi connectivity index (χ1n) is 11.2. The van der Waals surface area contributed by atoms with Crippen LogP contribution in [0.1, 0.15) is 27.0 Å². The van der Waals surface area contributed by atoms with Gasteiger partial charge in [0, 0.05) is 23.1 Å². The molecule has 0 atom stereocenters. The highest BCUT2D eigenvalue weighted by Gasteiger charge is 2.09. The summed E-state index contributed by atoms with van der Waals surface area (Å²) in [5, 5.41) is 0. The molecule has 35 heavy (non-hydrogen) atoms. The van der Waals surface area contributed by atoms with Gasteiger partial charge < -0.3 is 9.47 Å². The molecule has 4 aromatic carbocycles. The highest BCUT2D eigenvalue weighted by atomic mass is 16.5. The van der Waals surface area contributed by atoms with Gasteiger partial charge in [0.15, 0.2) is 5.78 Å². The maximum absolute atomic E-state index is 12.8. The van der Waals surface area contributed by atoms with Gasteiger partial charge in [-0.2, -0.15) is 0 Å². The third-order valence-corrected chi connectivity index (χ3v) is 5.38. The third-order valence-electron chi connectivity index (χ3n) is 5.38. The summed E-state index contributed by atoms with van der Waals surface area (Å²) in [6.07, 6.45) is 0.301. The SMILES string of the molecule is COC(=Nc1ccc(CC(=O)c2ccc(N=C(OC)c3ccccc3)cc2)cc1)c1ccccc1. The van der Waals surface area contributed by atoms with Gasteiger partial charge in [0.1, 0.15) is 0 Å². The lowest BCUT2D eigenvalue weighted by Gasteiger charge is -2.07. The van der Waals surface area contributed by atoms with Crippen molar-refractivity contribution in [1.29, 1.82) is 0 Å². The lowest BCUT2D eigenvalue weighted by molar-refractivity contribution is 0.0993. The number of rotatable bonds is 7. The van der Waals surface area contributed by atoms with Crippen molar-refractivity contribution in [3.63, 3.8) is 0 Å². The van der Waals surface area contributed by atoms with Gasteiger partial charge in [-0.1, -0.05) is 48.5 Å². The van der Waals surface area contributed by atoms with Crippen molar-refractivity contribution in [3.8, 4) is 0 Å². The molecule has 4 aromatic rings. The van der Waals surface area contributed by atoms with Crippen molar-refractivity contribution in [1.82, 2.24) is 0 Å². The molecule has 0 aliphatic carbocycles. The molecule has 0 bridgehead atoms. The number of Topliss-reactive ketones (excluding diaryl/α,β-unsaturated/α-hetero) is 1. The van der Waals surface area contributed by atoms with Crippen LogP contribution in [0.2, 0.25) is 0 Å². The van der Waals surface area contributed by atoms with Gasteiger partial charge in [0.05, 0.1) is 25.6 Å². The van der Waals surface area contributed by atoms with Crippen LogP contribution in [0.5, 0.6) is 0 Å². The lowest BCUT2D eigenvalue weighted by atomic mass is 10.0. The van der Waals surface area contributed by atoms with Gasteiger partial charge in [0.2, 0.25) is 11.8 Å². The number of hydrogen-bond donors (Lipinski definition) is 0. The number of carbonyl (C=O) groups excluding carboxylic acids is 1. The molecule has 0 unspecified atom stereocenters. The van der Waals surface area contributed by atoms with E-state index in [1.165, 1.54) is 0 Å². The Morgan fingerprint density at radius 3 is 1.43 bits per heavy atom. The van der Waals surface area contributed by atoms with E-state index in [1.807, 2.05) is 97.1 Å². The van der Waals surface area contributed by atoms with E-state index in [2.05, 4.69) is 9.98 Å². The molecular formula is C30H26N2O3. The Balaban J connectivity index is 1.42. The molecule has 5 heteroatoms. The Bertz CT molecular complexity index is 1310. The Morgan fingerprint density at radius 1 is 0.571 bits per heavy atom. The van der Waals surface area contributed by atoms with Crippen LogP contribution in [-0.4, -0.2) is 31.8 Å². The van der Waals surface area contributed by atoms with Crippen LogP contribution in [0.15, 0.2) is 119 Å². The molecule has 0 heterocycles. The van der Waals surface area contributed by atoms with Gasteiger partial charge in [-0.3, -0.25) is 4.79 Å². The molecule has 174 valence electrons. The summed E-state index contributed by atoms with van der Waals surface area (Å²) in [7, 11) is 3.20. The van der Waals surface area contributed by atoms with E-state index >= 15 is 0 Å². The molecule has 0 fully saturated rings. The minimum Gasteiger partial charge on any atom is -0.481 e. The van der Waals surface area contributed by atoms with Crippen LogP contribution in [0, 0.1) is 0 Å². The number of carbonyl (C=O) groups is 1. The number of nitrogens with zero attached hydrogens (tertiary/aromatic N) is 2. The summed E-state index contributed by atoms with van der Waals surface area (Å²) in [6.45, 7) is 0. The van der Waals surface area contributed by atoms with Crippen molar-refractivity contribution in [2.24, 2.45) is 9.98 Å². The van der Waals surface area contributed by atoms with Crippen LogP contribution >= 0.6 is 0 Å². The van der Waals surface area contributed by atoms with Crippen molar-refractivity contribution >= 4 is 29.0 Å². The van der Waals surface area contributed by atoms with Gasteiger partial charge in [-0.15, -0.1) is 0 Å². The number of ether oxygens (including phenoxy) is 2. The van der Waals surface area contributed by atoms with Crippen LogP contribution in [0.25, 0.3) is 0 Å². The smallest absolute Gasteiger partial charge is 0.220 e. The first-order valence-corrected chi connectivity index (χ1v) is 11.2. The molecule has 0 saturated carbocycles. The first-order chi connectivity index (χ1) is 17.2. The summed E-state index contributed by atoms with van der Waals surface area (Å²) >= 11 is 0. The molecule has 0 saturated heterocycles. The summed E-state index contributed by atoms with van der Waals surface area (Å²) in [5.74, 6) is 1.10. The van der Waals surface area contributed by atoms with Crippen molar-refractivity contribution in [2.45, 2.75) is 6.42 Å². The normalized spacial score (nSPS) is 11.7. The fraction of sp³-hybridized carbons (Fsp3) is 0.100. The molecule has 0 N–H and O–H groups in total. The molecule has 0 radical (unpaired) electrons. The molecule has 0 amide bonds. The molecular weight excluding hydrogens is 436 g/mol. The number of ketones is 1. The van der Waals surface area contributed by atoms with Gasteiger partial charge in [0.25, 0.3) is 0 Å². The first kappa shape index (κ1) is 23.6. The molecule has 0 spiro atoms. The maximum atomic E-state index is 12.8. The lowest BCUT2D eigenvalue weighted by Crippen LogP contribution is -2.04. The Kier molecular flexibility index (Phi) is 7.81. The zero-order valence-corrected chi connectivity index (χ0v) is 19.7. The van der Waals surface area contributed by atoms with Crippen LogP contribution in [0.4, 0.5) is 11.4 Å². The monoisotopic (exact) mass is 462 g/mol. The third kappa shape index (κ3) is 6.30. The molecule has 0 aliphatic heterocycles. The zero-order valence-electron chi connectivity index (χ0n) is 19.7. The Morgan fingerprint density at radius 2 is 1.00 bits per heavy atom. The van der Waals surface area contributed by atoms with E-state index in [4.69, 9.17) is 9.47 Å². The van der Waals surface area contributed by atoms with Gasteiger partial charge in [-0.05, 0) is 66.2 Å². The zero-order chi connectivity index (χ0) is 24.5. The highest BCUT2D eigenvalue weighted by molar-refractivity contribution is 5.99. The predicted molar refractivity (Wildman–Crippen MR) is 140 cm³/mol. The van der Waals surface area contributed by atoms with E-state index in [-0.39, 0.29) is 5.78 Å². The van der Waals surface area contributed by atoms with E-state index < -0.39 is 0 Å². The molecule has 0 aromatic heterocycles. The number of methoxy groups -OCH3 is 2. The average molecular weight is 463 g/mol. The minimum absolute atomic E-state index is 0.0358. The summed E-state index contributed by atoms with van der Waals surface area (Å²) in [5.41, 5.74) is 4.83.